The predicted octanol–water partition coefficient (Wildman–Crippen LogP) is 4.62. The number of benzene rings is 2. The maximum atomic E-state index is 14.9. The Kier molecular flexibility index (Phi) is 7.86. The van der Waals surface area contributed by atoms with Gasteiger partial charge >= 0.3 is 10.2 Å². The molecule has 12 heteroatoms. The van der Waals surface area contributed by atoms with Gasteiger partial charge in [-0.25, -0.2) is 9.11 Å². The van der Waals surface area contributed by atoms with Crippen molar-refractivity contribution < 1.29 is 27.1 Å². The first-order chi connectivity index (χ1) is 18.1. The summed E-state index contributed by atoms with van der Waals surface area (Å²) >= 11 is 12.1. The molecule has 38 heavy (non-hydrogen) atoms. The lowest BCUT2D eigenvalue weighted by molar-refractivity contribution is 0.0660. The highest BCUT2D eigenvalue weighted by atomic mass is 35.5. The number of likely N-dealkylation sites (tertiary alicyclic amines) is 1. The third-order valence-corrected chi connectivity index (χ3v) is 9.15. The van der Waals surface area contributed by atoms with Gasteiger partial charge in [0.25, 0.3) is 11.8 Å². The number of rotatable bonds is 8. The van der Waals surface area contributed by atoms with E-state index in [9.17, 15) is 22.4 Å². The van der Waals surface area contributed by atoms with E-state index in [2.05, 4.69) is 0 Å². The van der Waals surface area contributed by atoms with E-state index in [4.69, 9.17) is 27.9 Å². The van der Waals surface area contributed by atoms with Crippen molar-refractivity contribution in [3.05, 3.63) is 62.9 Å². The van der Waals surface area contributed by atoms with Crippen LogP contribution in [-0.2, 0) is 10.2 Å². The van der Waals surface area contributed by atoms with Crippen LogP contribution < -0.4 is 9.46 Å². The van der Waals surface area contributed by atoms with E-state index in [0.29, 0.717) is 59.7 Å². The van der Waals surface area contributed by atoms with Crippen LogP contribution in [0, 0.1) is 11.7 Å². The lowest BCUT2D eigenvalue weighted by Gasteiger charge is -2.32. The molecular formula is C26H28Cl2FN3O5S. The summed E-state index contributed by atoms with van der Waals surface area (Å²) in [5, 5.41) is 0.813. The molecule has 2 amide bonds. The minimum absolute atomic E-state index is 0.128. The molecule has 1 N–H and O–H groups in total. The van der Waals surface area contributed by atoms with Crippen molar-refractivity contribution in [2.45, 2.75) is 38.0 Å². The monoisotopic (exact) mass is 583 g/mol. The van der Waals surface area contributed by atoms with Crippen LogP contribution in [0.3, 0.4) is 0 Å². The molecule has 1 saturated carbocycles. The van der Waals surface area contributed by atoms with Gasteiger partial charge in [0.1, 0.15) is 11.6 Å². The van der Waals surface area contributed by atoms with E-state index < -0.39 is 21.9 Å². The second kappa shape index (κ2) is 11.0. The Morgan fingerprint density at radius 3 is 2.21 bits per heavy atom. The highest BCUT2D eigenvalue weighted by Crippen LogP contribution is 2.45. The number of hydrogen-bond acceptors (Lipinski definition) is 5. The maximum Gasteiger partial charge on any atom is 0.304 e. The summed E-state index contributed by atoms with van der Waals surface area (Å²) in [5.74, 6) is -1.26. The van der Waals surface area contributed by atoms with Gasteiger partial charge in [-0.3, -0.25) is 9.59 Å². The summed E-state index contributed by atoms with van der Waals surface area (Å²) in [5.41, 5.74) is 0.850. The summed E-state index contributed by atoms with van der Waals surface area (Å²) < 4.78 is 48.6. The second-order valence-electron chi connectivity index (χ2n) is 10.0. The van der Waals surface area contributed by atoms with Gasteiger partial charge < -0.3 is 9.64 Å². The molecule has 2 aromatic rings. The number of carbonyl (C=O) groups is 2. The largest absolute Gasteiger partial charge is 0.493 e. The summed E-state index contributed by atoms with van der Waals surface area (Å²) in [6.07, 6.45) is 3.95. The van der Waals surface area contributed by atoms with Crippen molar-refractivity contribution in [2.75, 3.05) is 32.8 Å². The molecule has 3 aliphatic rings. The van der Waals surface area contributed by atoms with E-state index >= 15 is 0 Å². The number of carbonyl (C=O) groups excluding carboxylic acids is 2. The smallest absolute Gasteiger partial charge is 0.304 e. The van der Waals surface area contributed by atoms with Crippen LogP contribution in [-0.4, -0.2) is 62.2 Å². The normalized spacial score (nSPS) is 18.7. The zero-order chi connectivity index (χ0) is 27.0. The molecule has 0 aromatic heterocycles. The number of hydrogen-bond donors (Lipinski definition) is 1. The number of piperidine rings is 1. The van der Waals surface area contributed by atoms with E-state index in [1.807, 2.05) is 4.72 Å². The maximum absolute atomic E-state index is 14.9. The summed E-state index contributed by atoms with van der Waals surface area (Å²) in [6.45, 7) is 2.12. The quantitative estimate of drug-likeness (QED) is 0.489. The van der Waals surface area contributed by atoms with Crippen molar-refractivity contribution in [1.82, 2.24) is 13.9 Å². The third-order valence-electron chi connectivity index (χ3n) is 7.22. The molecule has 1 aliphatic carbocycles. The SMILES string of the molecule is O=C(NS(=O)(=O)N1CCC1)c1cc(C2CC2)c(OCC2CCN(C(=O)c3cc(Cl)cc(Cl)c3)CC2)cc1F. The van der Waals surface area contributed by atoms with Gasteiger partial charge in [0, 0.05) is 47.9 Å². The van der Waals surface area contributed by atoms with Crippen molar-refractivity contribution in [3.63, 3.8) is 0 Å². The molecule has 2 saturated heterocycles. The second-order valence-corrected chi connectivity index (χ2v) is 12.6. The van der Waals surface area contributed by atoms with E-state index in [1.54, 1.807) is 23.1 Å². The van der Waals surface area contributed by atoms with Gasteiger partial charge in [0.2, 0.25) is 0 Å². The fourth-order valence-electron chi connectivity index (χ4n) is 4.72. The molecule has 0 radical (unpaired) electrons. The average molecular weight is 584 g/mol. The first-order valence-corrected chi connectivity index (χ1v) is 14.8. The van der Waals surface area contributed by atoms with Gasteiger partial charge in [0.05, 0.1) is 12.2 Å². The highest BCUT2D eigenvalue weighted by molar-refractivity contribution is 7.87. The molecule has 5 rings (SSSR count). The number of ether oxygens (including phenoxy) is 1. The molecule has 2 aliphatic heterocycles. The van der Waals surface area contributed by atoms with Crippen molar-refractivity contribution in [1.29, 1.82) is 0 Å². The van der Waals surface area contributed by atoms with Gasteiger partial charge in [-0.1, -0.05) is 23.2 Å². The average Bonchev–Trinajstić information content (AvgIpc) is 3.65. The van der Waals surface area contributed by atoms with Crippen molar-refractivity contribution >= 4 is 45.2 Å². The fourth-order valence-corrected chi connectivity index (χ4v) is 6.46. The van der Waals surface area contributed by atoms with E-state index in [0.717, 1.165) is 36.4 Å². The van der Waals surface area contributed by atoms with Crippen LogP contribution in [0.2, 0.25) is 10.0 Å². The van der Waals surface area contributed by atoms with Gasteiger partial charge in [-0.05, 0) is 73.8 Å². The van der Waals surface area contributed by atoms with Crippen molar-refractivity contribution in [2.24, 2.45) is 5.92 Å². The molecule has 204 valence electrons. The van der Waals surface area contributed by atoms with Crippen LogP contribution >= 0.6 is 23.2 Å². The molecule has 2 heterocycles. The van der Waals surface area contributed by atoms with Gasteiger partial charge in [0.15, 0.2) is 0 Å². The fraction of sp³-hybridized carbons (Fsp3) is 0.462. The topological polar surface area (TPSA) is 96.0 Å². The summed E-state index contributed by atoms with van der Waals surface area (Å²) in [4.78, 5) is 27.2. The van der Waals surface area contributed by atoms with Crippen LogP contribution in [0.1, 0.15) is 64.3 Å². The molecule has 3 fully saturated rings. The highest BCUT2D eigenvalue weighted by Gasteiger charge is 2.33. The van der Waals surface area contributed by atoms with Crippen LogP contribution in [0.15, 0.2) is 30.3 Å². The van der Waals surface area contributed by atoms with Gasteiger partial charge in [-0.15, -0.1) is 0 Å². The summed E-state index contributed by atoms with van der Waals surface area (Å²) in [6, 6.07) is 7.38. The van der Waals surface area contributed by atoms with Crippen LogP contribution in [0.5, 0.6) is 5.75 Å². The molecule has 2 aromatic carbocycles. The Hall–Kier alpha value is -2.40. The molecule has 0 spiro atoms. The Morgan fingerprint density at radius 1 is 0.974 bits per heavy atom. The minimum Gasteiger partial charge on any atom is -0.493 e. The minimum atomic E-state index is -3.98. The lowest BCUT2D eigenvalue weighted by Crippen LogP contribution is -2.49. The van der Waals surface area contributed by atoms with Crippen LogP contribution in [0.4, 0.5) is 4.39 Å². The molecular weight excluding hydrogens is 556 g/mol. The summed E-state index contributed by atoms with van der Waals surface area (Å²) in [7, 11) is -3.98. The number of halogens is 3. The van der Waals surface area contributed by atoms with E-state index in [-0.39, 0.29) is 23.3 Å². The predicted molar refractivity (Wildman–Crippen MR) is 142 cm³/mol. The first kappa shape index (κ1) is 27.2. The number of amides is 2. The Balaban J connectivity index is 1.20. The van der Waals surface area contributed by atoms with Crippen LogP contribution in [0.25, 0.3) is 0 Å². The zero-order valence-electron chi connectivity index (χ0n) is 20.6. The van der Waals surface area contributed by atoms with Gasteiger partial charge in [-0.2, -0.15) is 12.7 Å². The number of nitrogens with zero attached hydrogens (tertiary/aromatic N) is 2. The number of nitrogens with one attached hydrogen (secondary N) is 1. The third kappa shape index (κ3) is 6.09. The first-order valence-electron chi connectivity index (χ1n) is 12.6. The molecule has 0 unspecified atom stereocenters. The van der Waals surface area contributed by atoms with E-state index in [1.165, 1.54) is 12.1 Å². The zero-order valence-corrected chi connectivity index (χ0v) is 22.9. The Labute approximate surface area is 231 Å². The molecule has 8 nitrogen and oxygen atoms in total. The lowest BCUT2D eigenvalue weighted by atomic mass is 9.97. The standard InChI is InChI=1S/C26H28Cl2FN3O5S/c27-19-10-18(11-20(28)12-19)26(34)31-8-4-16(5-9-31)15-37-24-14-23(29)22(13-21(24)17-2-3-17)25(33)30-38(35,36)32-6-1-7-32/h10-14,16-17H,1-9,15H2,(H,30,33). The molecule has 0 bridgehead atoms. The Bertz CT molecular complexity index is 1340. The van der Waals surface area contributed by atoms with Crippen molar-refractivity contribution in [3.8, 4) is 5.75 Å². The Morgan fingerprint density at radius 2 is 1.63 bits per heavy atom. The molecule has 0 atom stereocenters.